The van der Waals surface area contributed by atoms with Gasteiger partial charge in [-0.15, -0.1) is 0 Å². The van der Waals surface area contributed by atoms with Crippen LogP contribution < -0.4 is 0 Å². The summed E-state index contributed by atoms with van der Waals surface area (Å²) in [4.78, 5) is 4.08. The van der Waals surface area contributed by atoms with Crippen molar-refractivity contribution in [1.29, 1.82) is 0 Å². The van der Waals surface area contributed by atoms with Gasteiger partial charge in [0.15, 0.2) is 0 Å². The molecule has 0 spiro atoms. The van der Waals surface area contributed by atoms with Crippen LogP contribution >= 0.6 is 0 Å². The Labute approximate surface area is 54.4 Å². The van der Waals surface area contributed by atoms with E-state index in [1.54, 1.807) is 0 Å². The second kappa shape index (κ2) is 1.99. The van der Waals surface area contributed by atoms with Crippen LogP contribution in [0.1, 0.15) is 13.8 Å². The van der Waals surface area contributed by atoms with Crippen molar-refractivity contribution in [2.45, 2.75) is 19.4 Å². The van der Waals surface area contributed by atoms with E-state index in [2.05, 4.69) is 4.99 Å². The van der Waals surface area contributed by atoms with Gasteiger partial charge < -0.3 is 9.84 Å². The van der Waals surface area contributed by atoms with Gasteiger partial charge in [-0.2, -0.15) is 0 Å². The largest absolute Gasteiger partial charge is 0.477 e. The van der Waals surface area contributed by atoms with E-state index in [4.69, 9.17) is 9.84 Å². The molecule has 0 aromatic rings. The zero-order valence-corrected chi connectivity index (χ0v) is 5.72. The van der Waals surface area contributed by atoms with E-state index < -0.39 is 0 Å². The highest BCUT2D eigenvalue weighted by Gasteiger charge is 2.25. The van der Waals surface area contributed by atoms with Crippen LogP contribution in [0.2, 0.25) is 0 Å². The minimum absolute atomic E-state index is 0.0799. The molecule has 1 heterocycles. The van der Waals surface area contributed by atoms with E-state index in [0.29, 0.717) is 12.5 Å². The smallest absolute Gasteiger partial charge is 0.210 e. The van der Waals surface area contributed by atoms with Crippen molar-refractivity contribution in [1.82, 2.24) is 0 Å². The molecule has 0 aromatic carbocycles. The Morgan fingerprint density at radius 3 is 2.67 bits per heavy atom. The predicted octanol–water partition coefficient (Wildman–Crippen LogP) is 0.186. The fourth-order valence-corrected chi connectivity index (χ4v) is 0.743. The van der Waals surface area contributed by atoms with Crippen LogP contribution in [-0.2, 0) is 4.74 Å². The first kappa shape index (κ1) is 6.55. The molecule has 0 fully saturated rings. The van der Waals surface area contributed by atoms with E-state index in [-0.39, 0.29) is 12.1 Å². The van der Waals surface area contributed by atoms with Crippen molar-refractivity contribution in [3.8, 4) is 0 Å². The summed E-state index contributed by atoms with van der Waals surface area (Å²) in [6.07, 6.45) is 0. The maximum Gasteiger partial charge on any atom is 0.210 e. The number of nitrogens with zero attached hydrogens (tertiary/aromatic N) is 1. The van der Waals surface area contributed by atoms with Gasteiger partial charge in [-0.05, 0) is 13.8 Å². The lowest BCUT2D eigenvalue weighted by molar-refractivity contribution is 0.249. The number of aliphatic hydroxyl groups is 1. The van der Waals surface area contributed by atoms with E-state index in [1.165, 1.54) is 0 Å². The van der Waals surface area contributed by atoms with Crippen molar-refractivity contribution in [3.63, 3.8) is 0 Å². The summed E-state index contributed by atoms with van der Waals surface area (Å²) in [7, 11) is 0. The zero-order valence-electron chi connectivity index (χ0n) is 5.72. The van der Waals surface area contributed by atoms with Crippen LogP contribution in [0, 0.1) is 0 Å². The van der Waals surface area contributed by atoms with Crippen LogP contribution in [0.4, 0.5) is 0 Å². The van der Waals surface area contributed by atoms with Gasteiger partial charge in [0.1, 0.15) is 13.2 Å². The Morgan fingerprint density at radius 1 is 1.78 bits per heavy atom. The molecule has 1 N–H and O–H groups in total. The maximum atomic E-state index is 8.54. The zero-order chi connectivity index (χ0) is 6.91. The van der Waals surface area contributed by atoms with Gasteiger partial charge in [0.2, 0.25) is 5.90 Å². The highest BCUT2D eigenvalue weighted by atomic mass is 16.5. The van der Waals surface area contributed by atoms with E-state index >= 15 is 0 Å². The Kier molecular flexibility index (Phi) is 1.45. The standard InChI is InChI=1S/C6H11NO2/c1-6(2)4-9-5(3-8)7-6/h8H,3-4H2,1-2H3. The van der Waals surface area contributed by atoms with Crippen LogP contribution in [0.25, 0.3) is 0 Å². The predicted molar refractivity (Wildman–Crippen MR) is 34.6 cm³/mol. The molecule has 0 radical (unpaired) electrons. The molecule has 0 bridgehead atoms. The number of hydrogen-bond acceptors (Lipinski definition) is 3. The highest BCUT2D eigenvalue weighted by Crippen LogP contribution is 2.15. The molecule has 3 heteroatoms. The van der Waals surface area contributed by atoms with Crippen LogP contribution in [0.15, 0.2) is 4.99 Å². The Hall–Kier alpha value is -0.570. The summed E-state index contributed by atoms with van der Waals surface area (Å²) in [6.45, 7) is 4.44. The Balaban J connectivity index is 2.61. The van der Waals surface area contributed by atoms with Gasteiger partial charge in [0.25, 0.3) is 0 Å². The normalized spacial score (nSPS) is 23.2. The second-order valence-electron chi connectivity index (χ2n) is 2.76. The van der Waals surface area contributed by atoms with E-state index in [0.717, 1.165) is 0 Å². The van der Waals surface area contributed by atoms with Crippen molar-refractivity contribution >= 4 is 5.90 Å². The first-order valence-electron chi connectivity index (χ1n) is 2.96. The number of ether oxygens (including phenoxy) is 1. The third kappa shape index (κ3) is 1.42. The average Bonchev–Trinajstić information content (AvgIpc) is 2.10. The van der Waals surface area contributed by atoms with Crippen molar-refractivity contribution < 1.29 is 9.84 Å². The highest BCUT2D eigenvalue weighted by molar-refractivity contribution is 5.79. The molecule has 1 rings (SSSR count). The molecular weight excluding hydrogens is 118 g/mol. The molecule has 1 aliphatic heterocycles. The molecule has 0 atom stereocenters. The average molecular weight is 129 g/mol. The SMILES string of the molecule is CC1(C)COC(CO)=N1. The van der Waals surface area contributed by atoms with Gasteiger partial charge in [-0.25, -0.2) is 4.99 Å². The molecule has 0 amide bonds. The molecule has 0 saturated heterocycles. The third-order valence-corrected chi connectivity index (χ3v) is 1.15. The molecule has 0 unspecified atom stereocenters. The fourth-order valence-electron chi connectivity index (χ4n) is 0.743. The minimum atomic E-state index is -0.127. The van der Waals surface area contributed by atoms with Crippen LogP contribution in [0.3, 0.4) is 0 Å². The molecule has 0 aromatic heterocycles. The lowest BCUT2D eigenvalue weighted by Crippen LogP contribution is -2.17. The lowest BCUT2D eigenvalue weighted by Gasteiger charge is -2.07. The lowest BCUT2D eigenvalue weighted by atomic mass is 10.1. The van der Waals surface area contributed by atoms with Gasteiger partial charge in [0, 0.05) is 0 Å². The summed E-state index contributed by atoms with van der Waals surface area (Å²) in [6, 6.07) is 0. The van der Waals surface area contributed by atoms with E-state index in [1.807, 2.05) is 13.8 Å². The van der Waals surface area contributed by atoms with Gasteiger partial charge in [-0.3, -0.25) is 0 Å². The third-order valence-electron chi connectivity index (χ3n) is 1.15. The van der Waals surface area contributed by atoms with Gasteiger partial charge >= 0.3 is 0 Å². The van der Waals surface area contributed by atoms with Gasteiger partial charge in [0.05, 0.1) is 5.54 Å². The van der Waals surface area contributed by atoms with Crippen molar-refractivity contribution in [2.75, 3.05) is 13.2 Å². The second-order valence-corrected chi connectivity index (χ2v) is 2.76. The topological polar surface area (TPSA) is 41.8 Å². The monoisotopic (exact) mass is 129 g/mol. The molecule has 0 aliphatic carbocycles. The number of aliphatic hydroxyl groups excluding tert-OH is 1. The molecule has 52 valence electrons. The molecule has 3 nitrogen and oxygen atoms in total. The summed E-state index contributed by atoms with van der Waals surface area (Å²) in [5.74, 6) is 0.458. The van der Waals surface area contributed by atoms with Crippen molar-refractivity contribution in [2.24, 2.45) is 4.99 Å². The van der Waals surface area contributed by atoms with Gasteiger partial charge in [-0.1, -0.05) is 0 Å². The van der Waals surface area contributed by atoms with Crippen LogP contribution in [-0.4, -0.2) is 29.8 Å². The number of aliphatic imine (C=N–C) groups is 1. The number of hydrogen-bond donors (Lipinski definition) is 1. The Morgan fingerprint density at radius 2 is 2.44 bits per heavy atom. The summed E-state index contributed by atoms with van der Waals surface area (Å²) >= 11 is 0. The minimum Gasteiger partial charge on any atom is -0.477 e. The number of rotatable bonds is 1. The summed E-state index contributed by atoms with van der Waals surface area (Å²) in [5, 5.41) is 8.54. The maximum absolute atomic E-state index is 8.54. The fraction of sp³-hybridized carbons (Fsp3) is 0.833. The van der Waals surface area contributed by atoms with Crippen molar-refractivity contribution in [3.05, 3.63) is 0 Å². The first-order chi connectivity index (χ1) is 4.14. The molecule has 9 heavy (non-hydrogen) atoms. The quantitative estimate of drug-likeness (QED) is 0.549. The summed E-state index contributed by atoms with van der Waals surface area (Å²) < 4.78 is 5.02. The Bertz CT molecular complexity index is 140. The summed E-state index contributed by atoms with van der Waals surface area (Å²) in [5.41, 5.74) is -0.127. The van der Waals surface area contributed by atoms with Crippen LogP contribution in [0.5, 0.6) is 0 Å². The molecular formula is C6H11NO2. The molecule has 1 aliphatic rings. The van der Waals surface area contributed by atoms with E-state index in [9.17, 15) is 0 Å². The first-order valence-corrected chi connectivity index (χ1v) is 2.96. The molecule has 0 saturated carbocycles.